The first-order chi connectivity index (χ1) is 11.1. The SMILES string of the molecule is C[C@@](c1ccncc1)(c1ccc(O)cc1)c1ccc(C=O)cc1. The molecule has 3 rings (SSSR count). The highest BCUT2D eigenvalue weighted by Crippen LogP contribution is 2.39. The molecule has 0 fully saturated rings. The zero-order chi connectivity index (χ0) is 16.3. The van der Waals surface area contributed by atoms with Crippen LogP contribution in [0.5, 0.6) is 5.75 Å². The number of carbonyl (C=O) groups excluding carboxylic acids is 1. The number of aromatic hydroxyl groups is 1. The van der Waals surface area contributed by atoms with Gasteiger partial charge in [-0.05, 0) is 47.9 Å². The van der Waals surface area contributed by atoms with E-state index in [0.717, 1.165) is 23.0 Å². The fraction of sp³-hybridized carbons (Fsp3) is 0.100. The fourth-order valence-corrected chi connectivity index (χ4v) is 2.88. The van der Waals surface area contributed by atoms with Gasteiger partial charge in [0.1, 0.15) is 12.0 Å². The van der Waals surface area contributed by atoms with E-state index in [0.29, 0.717) is 5.56 Å². The molecule has 0 saturated carbocycles. The van der Waals surface area contributed by atoms with Crippen molar-refractivity contribution < 1.29 is 9.90 Å². The maximum atomic E-state index is 10.9. The molecule has 3 heteroatoms. The first-order valence-electron chi connectivity index (χ1n) is 7.40. The van der Waals surface area contributed by atoms with Gasteiger partial charge in [0.15, 0.2) is 0 Å². The van der Waals surface area contributed by atoms with Gasteiger partial charge in [0, 0.05) is 23.4 Å². The summed E-state index contributed by atoms with van der Waals surface area (Å²) in [5, 5.41) is 9.58. The Labute approximate surface area is 135 Å². The second-order valence-electron chi connectivity index (χ2n) is 5.65. The van der Waals surface area contributed by atoms with Crippen molar-refractivity contribution in [1.82, 2.24) is 4.98 Å². The molecule has 1 N–H and O–H groups in total. The van der Waals surface area contributed by atoms with Crippen LogP contribution >= 0.6 is 0 Å². The van der Waals surface area contributed by atoms with Gasteiger partial charge in [0.05, 0.1) is 0 Å². The standard InChI is InChI=1S/C20H17NO2/c1-20(18-10-12-21-13-11-18,17-6-8-19(23)9-7-17)16-4-2-15(14-22)3-5-16/h2-14,23H,1H3/t20-/m0/s1. The number of pyridine rings is 1. The van der Waals surface area contributed by atoms with Crippen molar-refractivity contribution in [2.45, 2.75) is 12.3 Å². The third kappa shape index (κ3) is 2.73. The Morgan fingerprint density at radius 2 is 1.30 bits per heavy atom. The summed E-state index contributed by atoms with van der Waals surface area (Å²) in [5.74, 6) is 0.238. The third-order valence-electron chi connectivity index (χ3n) is 4.33. The molecular weight excluding hydrogens is 286 g/mol. The van der Waals surface area contributed by atoms with Crippen LogP contribution in [0.3, 0.4) is 0 Å². The monoisotopic (exact) mass is 303 g/mol. The van der Waals surface area contributed by atoms with Gasteiger partial charge in [-0.2, -0.15) is 0 Å². The number of aromatic nitrogens is 1. The van der Waals surface area contributed by atoms with Crippen LogP contribution in [-0.2, 0) is 5.41 Å². The topological polar surface area (TPSA) is 50.2 Å². The Hall–Kier alpha value is -2.94. The second-order valence-corrected chi connectivity index (χ2v) is 5.65. The van der Waals surface area contributed by atoms with E-state index in [9.17, 15) is 9.90 Å². The van der Waals surface area contributed by atoms with Crippen LogP contribution in [0.2, 0.25) is 0 Å². The first-order valence-corrected chi connectivity index (χ1v) is 7.40. The first kappa shape index (κ1) is 15.0. The maximum Gasteiger partial charge on any atom is 0.150 e. The van der Waals surface area contributed by atoms with Crippen molar-refractivity contribution in [1.29, 1.82) is 0 Å². The van der Waals surface area contributed by atoms with E-state index < -0.39 is 5.41 Å². The van der Waals surface area contributed by atoms with Gasteiger partial charge in [-0.15, -0.1) is 0 Å². The van der Waals surface area contributed by atoms with Crippen LogP contribution in [0.4, 0.5) is 0 Å². The third-order valence-corrected chi connectivity index (χ3v) is 4.33. The Kier molecular flexibility index (Phi) is 3.94. The number of phenols is 1. The van der Waals surface area contributed by atoms with Crippen LogP contribution < -0.4 is 0 Å². The lowest BCUT2D eigenvalue weighted by Crippen LogP contribution is -2.25. The number of hydrogen-bond donors (Lipinski definition) is 1. The second kappa shape index (κ2) is 6.05. The van der Waals surface area contributed by atoms with Gasteiger partial charge in [-0.1, -0.05) is 36.4 Å². The van der Waals surface area contributed by atoms with E-state index >= 15 is 0 Å². The molecule has 1 atom stereocenters. The van der Waals surface area contributed by atoms with Gasteiger partial charge in [0.25, 0.3) is 0 Å². The van der Waals surface area contributed by atoms with E-state index in [-0.39, 0.29) is 5.75 Å². The van der Waals surface area contributed by atoms with Crippen LogP contribution in [0, 0.1) is 0 Å². The van der Waals surface area contributed by atoms with Crippen molar-refractivity contribution in [2.75, 3.05) is 0 Å². The van der Waals surface area contributed by atoms with Crippen LogP contribution in [0.1, 0.15) is 34.0 Å². The summed E-state index contributed by atoms with van der Waals surface area (Å²) in [7, 11) is 0. The molecule has 1 heterocycles. The molecule has 23 heavy (non-hydrogen) atoms. The zero-order valence-corrected chi connectivity index (χ0v) is 12.8. The Morgan fingerprint density at radius 3 is 1.83 bits per heavy atom. The molecule has 2 aromatic carbocycles. The summed E-state index contributed by atoms with van der Waals surface area (Å²) in [6.07, 6.45) is 4.38. The van der Waals surface area contributed by atoms with Crippen molar-refractivity contribution in [3.8, 4) is 5.75 Å². The molecule has 114 valence electrons. The molecule has 0 spiro atoms. The Bertz CT molecular complexity index is 795. The lowest BCUT2D eigenvalue weighted by Gasteiger charge is -2.31. The summed E-state index contributed by atoms with van der Waals surface area (Å²) in [6, 6.07) is 18.8. The van der Waals surface area contributed by atoms with E-state index in [1.54, 1.807) is 24.5 Å². The predicted octanol–water partition coefficient (Wildman–Crippen LogP) is 3.95. The average molecular weight is 303 g/mol. The van der Waals surface area contributed by atoms with Crippen molar-refractivity contribution in [3.63, 3.8) is 0 Å². The van der Waals surface area contributed by atoms with Gasteiger partial charge in [0.2, 0.25) is 0 Å². The van der Waals surface area contributed by atoms with Gasteiger partial charge in [-0.25, -0.2) is 0 Å². The molecule has 3 nitrogen and oxygen atoms in total. The van der Waals surface area contributed by atoms with Crippen LogP contribution in [0.25, 0.3) is 0 Å². The summed E-state index contributed by atoms with van der Waals surface area (Å²) < 4.78 is 0. The number of hydrogen-bond acceptors (Lipinski definition) is 3. The molecule has 1 aromatic heterocycles. The summed E-state index contributed by atoms with van der Waals surface area (Å²) in [4.78, 5) is 15.0. The average Bonchev–Trinajstić information content (AvgIpc) is 2.62. The number of benzene rings is 2. The minimum absolute atomic E-state index is 0.238. The quantitative estimate of drug-likeness (QED) is 0.742. The number of carbonyl (C=O) groups is 1. The molecule has 0 amide bonds. The number of nitrogens with zero attached hydrogens (tertiary/aromatic N) is 1. The van der Waals surface area contributed by atoms with Crippen LogP contribution in [0.15, 0.2) is 73.1 Å². The molecular formula is C20H17NO2. The summed E-state index contributed by atoms with van der Waals surface area (Å²) >= 11 is 0. The van der Waals surface area contributed by atoms with Gasteiger partial charge < -0.3 is 5.11 Å². The number of phenolic OH excluding ortho intramolecular Hbond substituents is 1. The summed E-state index contributed by atoms with van der Waals surface area (Å²) in [6.45, 7) is 2.13. The van der Waals surface area contributed by atoms with Gasteiger partial charge >= 0.3 is 0 Å². The Balaban J connectivity index is 2.20. The summed E-state index contributed by atoms with van der Waals surface area (Å²) in [5.41, 5.74) is 3.46. The minimum Gasteiger partial charge on any atom is -0.508 e. The van der Waals surface area contributed by atoms with Crippen molar-refractivity contribution in [3.05, 3.63) is 95.3 Å². The van der Waals surface area contributed by atoms with Crippen molar-refractivity contribution >= 4 is 6.29 Å². The fourth-order valence-electron chi connectivity index (χ4n) is 2.88. The largest absolute Gasteiger partial charge is 0.508 e. The lowest BCUT2D eigenvalue weighted by atomic mass is 9.71. The smallest absolute Gasteiger partial charge is 0.150 e. The molecule has 3 aromatic rings. The molecule has 0 aliphatic heterocycles. The normalized spacial score (nSPS) is 13.3. The van der Waals surface area contributed by atoms with E-state index in [2.05, 4.69) is 11.9 Å². The van der Waals surface area contributed by atoms with Crippen LogP contribution in [-0.4, -0.2) is 16.4 Å². The van der Waals surface area contributed by atoms with E-state index in [1.807, 2.05) is 48.5 Å². The minimum atomic E-state index is -0.405. The lowest BCUT2D eigenvalue weighted by molar-refractivity contribution is 0.112. The van der Waals surface area contributed by atoms with Gasteiger partial charge in [-0.3, -0.25) is 9.78 Å². The molecule has 0 aliphatic rings. The Morgan fingerprint density at radius 1 is 0.826 bits per heavy atom. The molecule has 0 radical (unpaired) electrons. The van der Waals surface area contributed by atoms with E-state index in [4.69, 9.17) is 0 Å². The predicted molar refractivity (Wildman–Crippen MR) is 89.7 cm³/mol. The highest BCUT2D eigenvalue weighted by molar-refractivity contribution is 5.74. The maximum absolute atomic E-state index is 10.9. The number of rotatable bonds is 4. The van der Waals surface area contributed by atoms with Crippen molar-refractivity contribution in [2.24, 2.45) is 0 Å². The molecule has 0 aliphatic carbocycles. The van der Waals surface area contributed by atoms with E-state index in [1.165, 1.54) is 0 Å². The number of aldehydes is 1. The molecule has 0 saturated heterocycles. The highest BCUT2D eigenvalue weighted by Gasteiger charge is 2.31. The highest BCUT2D eigenvalue weighted by atomic mass is 16.3. The zero-order valence-electron chi connectivity index (χ0n) is 12.8. The molecule has 0 unspecified atom stereocenters. The molecule has 0 bridgehead atoms.